The molecule has 96 valence electrons. The maximum Gasteiger partial charge on any atom is 0.142 e. The van der Waals surface area contributed by atoms with Crippen LogP contribution < -0.4 is 5.73 Å². The van der Waals surface area contributed by atoms with Crippen molar-refractivity contribution >= 4 is 27.5 Å². The van der Waals surface area contributed by atoms with Gasteiger partial charge in [-0.2, -0.15) is 5.10 Å². The molecule has 0 fully saturated rings. The fraction of sp³-hybridized carbons (Fsp3) is 0.250. The van der Waals surface area contributed by atoms with Crippen LogP contribution in [0.25, 0.3) is 0 Å². The van der Waals surface area contributed by atoms with Gasteiger partial charge in [0.05, 0.1) is 27.4 Å². The molecule has 18 heavy (non-hydrogen) atoms. The van der Waals surface area contributed by atoms with Crippen LogP contribution in [0, 0.1) is 5.82 Å². The summed E-state index contributed by atoms with van der Waals surface area (Å²) in [5.74, 6) is -0.370. The minimum Gasteiger partial charge on any atom is -0.319 e. The number of aryl methyl sites for hydroxylation is 1. The predicted octanol–water partition coefficient (Wildman–Crippen LogP) is 3.51. The van der Waals surface area contributed by atoms with E-state index >= 15 is 0 Å². The van der Waals surface area contributed by atoms with Gasteiger partial charge in [0.1, 0.15) is 5.82 Å². The number of hydrogen-bond donors (Lipinski definition) is 1. The summed E-state index contributed by atoms with van der Waals surface area (Å²) in [6.45, 7) is 2.56. The Balaban J connectivity index is 2.51. The summed E-state index contributed by atoms with van der Waals surface area (Å²) in [6, 6.07) is 4.37. The van der Waals surface area contributed by atoms with Crippen molar-refractivity contribution in [3.63, 3.8) is 0 Å². The lowest BCUT2D eigenvalue weighted by atomic mass is 10.0. The largest absolute Gasteiger partial charge is 0.319 e. The molecule has 0 saturated carbocycles. The van der Waals surface area contributed by atoms with Crippen molar-refractivity contribution in [1.29, 1.82) is 0 Å². The quantitative estimate of drug-likeness (QED) is 0.935. The zero-order chi connectivity index (χ0) is 13.3. The molecular formula is C12H12BrClFN3. The van der Waals surface area contributed by atoms with E-state index in [0.29, 0.717) is 27.3 Å². The average Bonchev–Trinajstić information content (AvgIpc) is 2.73. The van der Waals surface area contributed by atoms with Crippen LogP contribution in [-0.4, -0.2) is 9.78 Å². The van der Waals surface area contributed by atoms with Crippen molar-refractivity contribution < 1.29 is 4.39 Å². The van der Waals surface area contributed by atoms with Crippen molar-refractivity contribution in [3.8, 4) is 0 Å². The van der Waals surface area contributed by atoms with E-state index in [9.17, 15) is 4.39 Å². The van der Waals surface area contributed by atoms with E-state index in [-0.39, 0.29) is 5.82 Å². The van der Waals surface area contributed by atoms with Gasteiger partial charge < -0.3 is 5.73 Å². The zero-order valence-corrected chi connectivity index (χ0v) is 12.0. The maximum atomic E-state index is 14.0. The van der Waals surface area contributed by atoms with Crippen molar-refractivity contribution in [2.75, 3.05) is 0 Å². The molecule has 1 heterocycles. The second-order valence-corrected chi connectivity index (χ2v) is 5.08. The van der Waals surface area contributed by atoms with Gasteiger partial charge in [-0.1, -0.05) is 23.7 Å². The molecule has 1 aromatic carbocycles. The van der Waals surface area contributed by atoms with E-state index in [1.807, 2.05) is 6.92 Å². The molecule has 3 nitrogen and oxygen atoms in total. The summed E-state index contributed by atoms with van der Waals surface area (Å²) >= 11 is 9.21. The molecule has 0 aliphatic carbocycles. The molecule has 2 N–H and O–H groups in total. The highest BCUT2D eigenvalue weighted by molar-refractivity contribution is 9.10. The molecule has 0 aliphatic heterocycles. The lowest BCUT2D eigenvalue weighted by molar-refractivity contribution is 0.565. The first-order valence-electron chi connectivity index (χ1n) is 5.47. The smallest absolute Gasteiger partial charge is 0.142 e. The van der Waals surface area contributed by atoms with Crippen LogP contribution in [0.1, 0.15) is 24.2 Å². The van der Waals surface area contributed by atoms with Gasteiger partial charge in [-0.25, -0.2) is 4.39 Å². The molecule has 1 aromatic heterocycles. The average molecular weight is 333 g/mol. The Hall–Kier alpha value is -0.910. The number of nitrogens with zero attached hydrogens (tertiary/aromatic N) is 2. The first-order chi connectivity index (χ1) is 8.56. The van der Waals surface area contributed by atoms with E-state index in [1.165, 1.54) is 6.20 Å². The molecule has 0 radical (unpaired) electrons. The van der Waals surface area contributed by atoms with E-state index in [1.54, 1.807) is 22.9 Å². The van der Waals surface area contributed by atoms with Gasteiger partial charge in [-0.15, -0.1) is 0 Å². The number of benzene rings is 1. The van der Waals surface area contributed by atoms with E-state index in [0.717, 1.165) is 0 Å². The van der Waals surface area contributed by atoms with Crippen LogP contribution in [0.15, 0.2) is 28.9 Å². The van der Waals surface area contributed by atoms with Gasteiger partial charge in [0.15, 0.2) is 0 Å². The highest BCUT2D eigenvalue weighted by Gasteiger charge is 2.21. The Kier molecular flexibility index (Phi) is 4.04. The first-order valence-corrected chi connectivity index (χ1v) is 6.64. The monoisotopic (exact) mass is 331 g/mol. The van der Waals surface area contributed by atoms with Crippen molar-refractivity contribution in [3.05, 3.63) is 51.0 Å². The normalized spacial score (nSPS) is 12.7. The summed E-state index contributed by atoms with van der Waals surface area (Å²) in [4.78, 5) is 0. The lowest BCUT2D eigenvalue weighted by Crippen LogP contribution is -2.19. The third kappa shape index (κ3) is 2.30. The van der Waals surface area contributed by atoms with Crippen LogP contribution in [-0.2, 0) is 6.54 Å². The highest BCUT2D eigenvalue weighted by atomic mass is 79.9. The third-order valence-electron chi connectivity index (χ3n) is 2.74. The van der Waals surface area contributed by atoms with Crippen molar-refractivity contribution in [2.24, 2.45) is 5.73 Å². The number of halogens is 3. The predicted molar refractivity (Wildman–Crippen MR) is 73.0 cm³/mol. The van der Waals surface area contributed by atoms with Crippen LogP contribution >= 0.6 is 27.5 Å². The number of rotatable bonds is 3. The second-order valence-electron chi connectivity index (χ2n) is 3.81. The fourth-order valence-electron chi connectivity index (χ4n) is 1.84. The Bertz CT molecular complexity index is 570. The lowest BCUT2D eigenvalue weighted by Gasteiger charge is -2.15. The molecule has 1 atom stereocenters. The molecule has 2 rings (SSSR count). The molecule has 0 amide bonds. The molecular weight excluding hydrogens is 321 g/mol. The van der Waals surface area contributed by atoms with E-state index in [2.05, 4.69) is 21.0 Å². The first kappa shape index (κ1) is 13.5. The maximum absolute atomic E-state index is 14.0. The number of aromatic nitrogens is 2. The molecule has 6 heteroatoms. The van der Waals surface area contributed by atoms with Crippen molar-refractivity contribution in [2.45, 2.75) is 19.5 Å². The number of nitrogens with two attached hydrogens (primary N) is 1. The van der Waals surface area contributed by atoms with Gasteiger partial charge >= 0.3 is 0 Å². The minimum atomic E-state index is -0.641. The van der Waals surface area contributed by atoms with Crippen LogP contribution in [0.2, 0.25) is 5.02 Å². The summed E-state index contributed by atoms with van der Waals surface area (Å²) < 4.78 is 16.1. The topological polar surface area (TPSA) is 43.8 Å². The Labute approximate surface area is 118 Å². The highest BCUT2D eigenvalue weighted by Crippen LogP contribution is 2.30. The van der Waals surface area contributed by atoms with Crippen LogP contribution in [0.4, 0.5) is 4.39 Å². The van der Waals surface area contributed by atoms with Gasteiger partial charge in [-0.05, 0) is 28.9 Å². The summed E-state index contributed by atoms with van der Waals surface area (Å²) in [6.07, 6.45) is 1.52. The minimum absolute atomic E-state index is 0.370. The van der Waals surface area contributed by atoms with Crippen LogP contribution in [0.5, 0.6) is 0 Å². The molecule has 0 spiro atoms. The standard InChI is InChI=1S/C12H12BrClFN3/c1-2-18-12(9(14)6-17-18)11(16)7-4-3-5-8(13)10(7)15/h3-6,11H,2,16H2,1H3. The van der Waals surface area contributed by atoms with E-state index < -0.39 is 6.04 Å². The van der Waals surface area contributed by atoms with Crippen molar-refractivity contribution in [1.82, 2.24) is 9.78 Å². The fourth-order valence-corrected chi connectivity index (χ4v) is 2.48. The molecule has 2 aromatic rings. The summed E-state index contributed by atoms with van der Waals surface area (Å²) in [5, 5.41) is 4.55. The van der Waals surface area contributed by atoms with Gasteiger partial charge in [-0.3, -0.25) is 4.68 Å². The Morgan fingerprint density at radius 2 is 2.28 bits per heavy atom. The Morgan fingerprint density at radius 3 is 2.94 bits per heavy atom. The zero-order valence-electron chi connectivity index (χ0n) is 9.70. The SMILES string of the molecule is CCn1ncc(Cl)c1C(N)c1cccc(Br)c1F. The summed E-state index contributed by atoms with van der Waals surface area (Å²) in [5.41, 5.74) is 7.11. The van der Waals surface area contributed by atoms with Gasteiger partial charge in [0.2, 0.25) is 0 Å². The summed E-state index contributed by atoms with van der Waals surface area (Å²) in [7, 11) is 0. The molecule has 0 saturated heterocycles. The van der Waals surface area contributed by atoms with E-state index in [4.69, 9.17) is 17.3 Å². The molecule has 0 aliphatic rings. The molecule has 1 unspecified atom stereocenters. The second kappa shape index (κ2) is 5.38. The molecule has 0 bridgehead atoms. The van der Waals surface area contributed by atoms with Crippen LogP contribution in [0.3, 0.4) is 0 Å². The Morgan fingerprint density at radius 1 is 1.56 bits per heavy atom. The van der Waals surface area contributed by atoms with Gasteiger partial charge in [0.25, 0.3) is 0 Å². The third-order valence-corrected chi connectivity index (χ3v) is 3.65. The van der Waals surface area contributed by atoms with Gasteiger partial charge in [0, 0.05) is 12.1 Å². The number of hydrogen-bond acceptors (Lipinski definition) is 2.